The molecule has 3 aliphatic heterocycles. The molecule has 0 aromatic carbocycles. The highest BCUT2D eigenvalue weighted by Crippen LogP contribution is 2.33. The summed E-state index contributed by atoms with van der Waals surface area (Å²) in [5, 5.41) is 3.74. The van der Waals surface area contributed by atoms with E-state index in [1.165, 1.54) is 32.1 Å². The van der Waals surface area contributed by atoms with E-state index in [0.29, 0.717) is 5.69 Å². The lowest BCUT2D eigenvalue weighted by Gasteiger charge is -2.48. The topological polar surface area (TPSA) is 61.4 Å². The van der Waals surface area contributed by atoms with Crippen LogP contribution < -0.4 is 10.2 Å². The van der Waals surface area contributed by atoms with E-state index in [4.69, 9.17) is 4.98 Å². The summed E-state index contributed by atoms with van der Waals surface area (Å²) < 4.78 is 0. The minimum atomic E-state index is 0.0299. The number of amides is 1. The van der Waals surface area contributed by atoms with Gasteiger partial charge in [0.05, 0.1) is 0 Å². The lowest BCUT2D eigenvalue weighted by Crippen LogP contribution is -2.62. The zero-order valence-electron chi connectivity index (χ0n) is 16.8. The first-order valence-corrected chi connectivity index (χ1v) is 10.7. The molecule has 1 amide bonds. The molecule has 1 aromatic heterocycles. The van der Waals surface area contributed by atoms with Crippen molar-refractivity contribution in [3.05, 3.63) is 17.5 Å². The quantitative estimate of drug-likeness (QED) is 0.866. The normalized spacial score (nSPS) is 29.2. The Kier molecular flexibility index (Phi) is 5.35. The number of carbonyl (C=O) groups excluding carboxylic acids is 1. The van der Waals surface area contributed by atoms with Crippen molar-refractivity contribution in [2.75, 3.05) is 31.1 Å². The molecule has 4 heterocycles. The van der Waals surface area contributed by atoms with Crippen LogP contribution in [0.2, 0.25) is 0 Å². The van der Waals surface area contributed by atoms with E-state index in [-0.39, 0.29) is 17.5 Å². The maximum atomic E-state index is 13.5. The van der Waals surface area contributed by atoms with Gasteiger partial charge in [-0.15, -0.1) is 0 Å². The molecule has 0 saturated carbocycles. The van der Waals surface area contributed by atoms with Crippen LogP contribution in [0, 0.1) is 6.92 Å². The lowest BCUT2D eigenvalue weighted by molar-refractivity contribution is 0.0374. The zero-order chi connectivity index (χ0) is 18.9. The van der Waals surface area contributed by atoms with Crippen molar-refractivity contribution in [2.24, 2.45) is 0 Å². The number of hydrogen-bond donors (Lipinski definition) is 1. The van der Waals surface area contributed by atoms with E-state index in [9.17, 15) is 4.79 Å². The fraction of sp³-hybridized carbons (Fsp3) is 0.762. The minimum Gasteiger partial charge on any atom is -0.341 e. The van der Waals surface area contributed by atoms with Crippen LogP contribution in [0.15, 0.2) is 6.07 Å². The molecule has 27 heavy (non-hydrogen) atoms. The third-order valence-corrected chi connectivity index (χ3v) is 6.60. The van der Waals surface area contributed by atoms with Gasteiger partial charge in [0.1, 0.15) is 5.69 Å². The summed E-state index contributed by atoms with van der Waals surface area (Å²) >= 11 is 0. The van der Waals surface area contributed by atoms with Gasteiger partial charge >= 0.3 is 0 Å². The summed E-state index contributed by atoms with van der Waals surface area (Å²) in [5.74, 6) is 0.815. The Hall–Kier alpha value is -1.69. The molecule has 6 heteroatoms. The molecule has 0 aliphatic carbocycles. The zero-order valence-corrected chi connectivity index (χ0v) is 16.8. The van der Waals surface area contributed by atoms with E-state index < -0.39 is 0 Å². The van der Waals surface area contributed by atoms with Gasteiger partial charge in [0.2, 0.25) is 5.95 Å². The monoisotopic (exact) mass is 371 g/mol. The number of carbonyl (C=O) groups is 1. The highest BCUT2D eigenvalue weighted by Gasteiger charge is 2.43. The van der Waals surface area contributed by atoms with Crippen LogP contribution in [0.25, 0.3) is 0 Å². The summed E-state index contributed by atoms with van der Waals surface area (Å²) in [6.45, 7) is 8.15. The van der Waals surface area contributed by atoms with Crippen molar-refractivity contribution in [1.82, 2.24) is 20.2 Å². The Balaban J connectivity index is 1.60. The molecule has 0 radical (unpaired) electrons. The van der Waals surface area contributed by atoms with Crippen molar-refractivity contribution in [3.63, 3.8) is 0 Å². The van der Waals surface area contributed by atoms with Gasteiger partial charge < -0.3 is 15.1 Å². The van der Waals surface area contributed by atoms with Crippen LogP contribution in [0.5, 0.6) is 0 Å². The molecule has 0 bridgehead atoms. The van der Waals surface area contributed by atoms with Crippen molar-refractivity contribution >= 4 is 11.9 Å². The van der Waals surface area contributed by atoms with Crippen LogP contribution in [-0.4, -0.2) is 58.5 Å². The van der Waals surface area contributed by atoms with Crippen LogP contribution in [0.1, 0.15) is 74.5 Å². The molecule has 6 nitrogen and oxygen atoms in total. The number of nitrogens with one attached hydrogen (secondary N) is 1. The van der Waals surface area contributed by atoms with Crippen molar-refractivity contribution in [2.45, 2.75) is 76.8 Å². The Bertz CT molecular complexity index is 687. The Morgan fingerprint density at radius 3 is 2.74 bits per heavy atom. The second-order valence-electron chi connectivity index (χ2n) is 8.70. The number of piperidine rings is 2. The Morgan fingerprint density at radius 1 is 1.11 bits per heavy atom. The van der Waals surface area contributed by atoms with Crippen molar-refractivity contribution in [3.8, 4) is 0 Å². The average Bonchev–Trinajstić information content (AvgIpc) is 2.88. The summed E-state index contributed by atoms with van der Waals surface area (Å²) in [7, 11) is 0. The van der Waals surface area contributed by atoms with Gasteiger partial charge in [0.15, 0.2) is 0 Å². The number of aromatic nitrogens is 2. The largest absolute Gasteiger partial charge is 0.341 e. The fourth-order valence-electron chi connectivity index (χ4n) is 5.09. The van der Waals surface area contributed by atoms with Gasteiger partial charge in [-0.2, -0.15) is 0 Å². The second-order valence-corrected chi connectivity index (χ2v) is 8.70. The Morgan fingerprint density at radius 2 is 1.93 bits per heavy atom. The smallest absolute Gasteiger partial charge is 0.272 e. The fourth-order valence-corrected chi connectivity index (χ4v) is 5.09. The number of aryl methyl sites for hydroxylation is 1. The molecule has 4 rings (SSSR count). The third kappa shape index (κ3) is 3.82. The third-order valence-electron chi connectivity index (χ3n) is 6.60. The van der Waals surface area contributed by atoms with E-state index in [0.717, 1.165) is 57.1 Å². The Labute approximate surface area is 162 Å². The summed E-state index contributed by atoms with van der Waals surface area (Å²) in [5.41, 5.74) is 1.48. The van der Waals surface area contributed by atoms with Gasteiger partial charge in [0, 0.05) is 36.9 Å². The average molecular weight is 372 g/mol. The number of likely N-dealkylation sites (tertiary alicyclic amines) is 1. The maximum absolute atomic E-state index is 13.5. The maximum Gasteiger partial charge on any atom is 0.272 e. The first-order chi connectivity index (χ1) is 13.1. The summed E-state index contributed by atoms with van der Waals surface area (Å²) in [6.07, 6.45) is 9.28. The first-order valence-electron chi connectivity index (χ1n) is 10.7. The molecule has 2 atom stereocenters. The summed E-state index contributed by atoms with van der Waals surface area (Å²) in [6, 6.07) is 2.13. The van der Waals surface area contributed by atoms with Crippen LogP contribution in [0.4, 0.5) is 5.95 Å². The van der Waals surface area contributed by atoms with Gasteiger partial charge in [-0.3, -0.25) is 4.79 Å². The van der Waals surface area contributed by atoms with Crippen LogP contribution >= 0.6 is 0 Å². The molecule has 1 N–H and O–H groups in total. The summed E-state index contributed by atoms with van der Waals surface area (Å²) in [4.78, 5) is 27.2. The predicted molar refractivity (Wildman–Crippen MR) is 107 cm³/mol. The van der Waals surface area contributed by atoms with E-state index >= 15 is 0 Å². The highest BCUT2D eigenvalue weighted by molar-refractivity contribution is 5.93. The predicted octanol–water partition coefficient (Wildman–Crippen LogP) is 2.91. The van der Waals surface area contributed by atoms with E-state index in [1.807, 2.05) is 13.0 Å². The molecule has 0 unspecified atom stereocenters. The van der Waals surface area contributed by atoms with Crippen molar-refractivity contribution < 1.29 is 4.79 Å². The van der Waals surface area contributed by atoms with Gasteiger partial charge in [-0.1, -0.05) is 6.42 Å². The molecule has 3 saturated heterocycles. The standard InChI is InChI=1S/C21H33N5O/c1-16-15-17(24-20(23-16)25-12-6-3-7-13-25)19(27)26-14-8-10-21(2)18(26)9-4-5-11-22-21/h15,18,22H,3-14H2,1-2H3/t18-,21-/m0/s1. The van der Waals surface area contributed by atoms with Gasteiger partial charge in [0.25, 0.3) is 5.91 Å². The highest BCUT2D eigenvalue weighted by atomic mass is 16.2. The first kappa shape index (κ1) is 18.7. The number of nitrogens with zero attached hydrogens (tertiary/aromatic N) is 4. The van der Waals surface area contributed by atoms with Crippen molar-refractivity contribution in [1.29, 1.82) is 0 Å². The van der Waals surface area contributed by atoms with E-state index in [2.05, 4.69) is 27.0 Å². The molecule has 3 fully saturated rings. The molecule has 3 aliphatic rings. The van der Waals surface area contributed by atoms with Crippen LogP contribution in [0.3, 0.4) is 0 Å². The number of rotatable bonds is 2. The van der Waals surface area contributed by atoms with Gasteiger partial charge in [-0.05, 0) is 71.4 Å². The molecular weight excluding hydrogens is 338 g/mol. The van der Waals surface area contributed by atoms with Crippen LogP contribution in [-0.2, 0) is 0 Å². The molecule has 148 valence electrons. The SMILES string of the molecule is Cc1cc(C(=O)N2CCC[C@]3(C)NCCCC[C@H]23)nc(N2CCCCC2)n1. The number of hydrogen-bond acceptors (Lipinski definition) is 5. The molecule has 0 spiro atoms. The molecular formula is C21H33N5O. The number of anilines is 1. The molecule has 1 aromatic rings. The number of fused-ring (bicyclic) bond motifs is 1. The second kappa shape index (κ2) is 7.74. The lowest BCUT2D eigenvalue weighted by atomic mass is 9.81. The minimum absolute atomic E-state index is 0.0299. The van der Waals surface area contributed by atoms with E-state index in [1.54, 1.807) is 0 Å². The van der Waals surface area contributed by atoms with Gasteiger partial charge in [-0.25, -0.2) is 9.97 Å².